The molecule has 1 saturated heterocycles. The van der Waals surface area contributed by atoms with Crippen molar-refractivity contribution in [1.82, 2.24) is 9.80 Å². The van der Waals surface area contributed by atoms with Crippen LogP contribution in [-0.2, 0) is 11.3 Å². The van der Waals surface area contributed by atoms with Crippen LogP contribution in [-0.4, -0.2) is 52.9 Å². The fraction of sp³-hybridized carbons (Fsp3) is 0.368. The Labute approximate surface area is 157 Å². The average molecular weight is 373 g/mol. The highest BCUT2D eigenvalue weighted by Crippen LogP contribution is 2.24. The monoisotopic (exact) mass is 373 g/mol. The molecule has 1 aliphatic heterocycles. The summed E-state index contributed by atoms with van der Waals surface area (Å²) in [4.78, 5) is 29.5. The highest BCUT2D eigenvalue weighted by molar-refractivity contribution is 7.09. The Kier molecular flexibility index (Phi) is 5.90. The molecule has 138 valence electrons. The summed E-state index contributed by atoms with van der Waals surface area (Å²) in [5, 5.41) is 14.8. The van der Waals surface area contributed by atoms with Crippen LogP contribution >= 0.6 is 11.3 Å². The lowest BCUT2D eigenvalue weighted by atomic mass is 10.1. The van der Waals surface area contributed by atoms with E-state index in [1.807, 2.05) is 0 Å². The van der Waals surface area contributed by atoms with E-state index in [0.717, 1.165) is 26.1 Å². The maximum absolute atomic E-state index is 12.9. The van der Waals surface area contributed by atoms with Crippen molar-refractivity contribution in [2.45, 2.75) is 19.9 Å². The van der Waals surface area contributed by atoms with Crippen molar-refractivity contribution in [3.63, 3.8) is 0 Å². The van der Waals surface area contributed by atoms with Gasteiger partial charge in [0.1, 0.15) is 5.75 Å². The predicted molar refractivity (Wildman–Crippen MR) is 103 cm³/mol. The van der Waals surface area contributed by atoms with Gasteiger partial charge < -0.3 is 15.3 Å². The predicted octanol–water partition coefficient (Wildman–Crippen LogP) is 2.76. The fourth-order valence-corrected chi connectivity index (χ4v) is 3.86. The van der Waals surface area contributed by atoms with E-state index in [9.17, 15) is 14.7 Å². The zero-order valence-corrected chi connectivity index (χ0v) is 15.6. The molecule has 26 heavy (non-hydrogen) atoms. The van der Waals surface area contributed by atoms with Gasteiger partial charge >= 0.3 is 0 Å². The van der Waals surface area contributed by atoms with Gasteiger partial charge in [-0.15, -0.1) is 11.3 Å². The number of thiophene rings is 1. The van der Waals surface area contributed by atoms with Gasteiger partial charge in [-0.1, -0.05) is 6.07 Å². The number of phenolic OH excluding ortho intramolecular Hbond substituents is 1. The van der Waals surface area contributed by atoms with Crippen LogP contribution in [0.25, 0.3) is 0 Å². The zero-order valence-electron chi connectivity index (χ0n) is 14.8. The molecule has 1 fully saturated rings. The third-order valence-electron chi connectivity index (χ3n) is 4.38. The number of hydrogen-bond acceptors (Lipinski definition) is 5. The van der Waals surface area contributed by atoms with E-state index in [4.69, 9.17) is 0 Å². The molecule has 2 aromatic rings. The Balaban J connectivity index is 1.67. The van der Waals surface area contributed by atoms with E-state index in [-0.39, 0.29) is 23.1 Å². The topological polar surface area (TPSA) is 72.9 Å². The van der Waals surface area contributed by atoms with Gasteiger partial charge in [-0.2, -0.15) is 0 Å². The lowest BCUT2D eigenvalue weighted by Gasteiger charge is -2.22. The Morgan fingerprint density at radius 3 is 2.77 bits per heavy atom. The molecule has 2 heterocycles. The van der Waals surface area contributed by atoms with E-state index in [1.54, 1.807) is 22.3 Å². The molecule has 1 aliphatic rings. The number of nitrogens with zero attached hydrogens (tertiary/aromatic N) is 2. The highest BCUT2D eigenvalue weighted by atomic mass is 32.1. The van der Waals surface area contributed by atoms with Gasteiger partial charge in [0.25, 0.3) is 5.91 Å². The van der Waals surface area contributed by atoms with Crippen LogP contribution in [0.1, 0.15) is 28.6 Å². The second kappa shape index (κ2) is 8.33. The quantitative estimate of drug-likeness (QED) is 0.809. The minimum Gasteiger partial charge on any atom is -0.507 e. The standard InChI is InChI=1S/C19H23N3O3S/c1-14(23)20-15-5-6-18(24)17(12-15)19(25)22-8-3-7-21(9-10-22)13-16-4-2-11-26-16/h2,4-6,11-12,24H,3,7-10,13H2,1H3,(H,20,23). The molecule has 0 bridgehead atoms. The van der Waals surface area contributed by atoms with Gasteiger partial charge in [-0.25, -0.2) is 0 Å². The number of hydrogen-bond donors (Lipinski definition) is 2. The van der Waals surface area contributed by atoms with Crippen molar-refractivity contribution in [1.29, 1.82) is 0 Å². The number of amides is 2. The van der Waals surface area contributed by atoms with Crippen LogP contribution in [0.5, 0.6) is 5.75 Å². The van der Waals surface area contributed by atoms with Crippen molar-refractivity contribution in [2.75, 3.05) is 31.5 Å². The van der Waals surface area contributed by atoms with Gasteiger partial charge in [0.05, 0.1) is 5.56 Å². The van der Waals surface area contributed by atoms with Crippen LogP contribution in [0.15, 0.2) is 35.7 Å². The summed E-state index contributed by atoms with van der Waals surface area (Å²) < 4.78 is 0. The SMILES string of the molecule is CC(=O)Nc1ccc(O)c(C(=O)N2CCCN(Cc3cccs3)CC2)c1. The van der Waals surface area contributed by atoms with Crippen LogP contribution in [0.3, 0.4) is 0 Å². The van der Waals surface area contributed by atoms with Crippen LogP contribution in [0.2, 0.25) is 0 Å². The van der Waals surface area contributed by atoms with Gasteiger partial charge in [0.15, 0.2) is 0 Å². The first kappa shape index (κ1) is 18.4. The van der Waals surface area contributed by atoms with Crippen molar-refractivity contribution < 1.29 is 14.7 Å². The normalized spacial score (nSPS) is 15.5. The largest absolute Gasteiger partial charge is 0.507 e. The van der Waals surface area contributed by atoms with Crippen LogP contribution in [0.4, 0.5) is 5.69 Å². The molecule has 2 N–H and O–H groups in total. The van der Waals surface area contributed by atoms with E-state index >= 15 is 0 Å². The molecule has 0 aliphatic carbocycles. The average Bonchev–Trinajstić information content (AvgIpc) is 3.00. The summed E-state index contributed by atoms with van der Waals surface area (Å²) in [5.74, 6) is -0.482. The molecule has 0 unspecified atom stereocenters. The fourth-order valence-electron chi connectivity index (χ4n) is 3.11. The molecule has 1 aromatic heterocycles. The molecule has 0 spiro atoms. The lowest BCUT2D eigenvalue weighted by Crippen LogP contribution is -2.35. The number of nitrogens with one attached hydrogen (secondary N) is 1. The van der Waals surface area contributed by atoms with E-state index < -0.39 is 0 Å². The number of aromatic hydroxyl groups is 1. The molecule has 6 nitrogen and oxygen atoms in total. The third kappa shape index (κ3) is 4.62. The van der Waals surface area contributed by atoms with Crippen molar-refractivity contribution in [3.8, 4) is 5.75 Å². The number of anilines is 1. The summed E-state index contributed by atoms with van der Waals surface area (Å²) in [6.07, 6.45) is 0.892. The smallest absolute Gasteiger partial charge is 0.257 e. The molecule has 0 atom stereocenters. The highest BCUT2D eigenvalue weighted by Gasteiger charge is 2.23. The van der Waals surface area contributed by atoms with Crippen molar-refractivity contribution >= 4 is 28.8 Å². The Bertz CT molecular complexity index is 776. The van der Waals surface area contributed by atoms with Crippen LogP contribution in [0, 0.1) is 0 Å². The maximum atomic E-state index is 12.9. The number of rotatable bonds is 4. The first-order valence-electron chi connectivity index (χ1n) is 8.67. The van der Waals surface area contributed by atoms with Gasteiger partial charge in [-0.05, 0) is 36.1 Å². The van der Waals surface area contributed by atoms with Gasteiger partial charge in [0, 0.05) is 50.2 Å². The van der Waals surface area contributed by atoms with E-state index in [0.29, 0.717) is 18.8 Å². The summed E-state index contributed by atoms with van der Waals surface area (Å²) in [6.45, 7) is 5.33. The summed E-state index contributed by atoms with van der Waals surface area (Å²) in [7, 11) is 0. The second-order valence-corrected chi connectivity index (χ2v) is 7.45. The molecule has 7 heteroatoms. The molecular weight excluding hydrogens is 350 g/mol. The summed E-state index contributed by atoms with van der Waals surface area (Å²) in [5.41, 5.74) is 0.732. The number of carbonyl (C=O) groups is 2. The Morgan fingerprint density at radius 1 is 1.19 bits per heavy atom. The summed E-state index contributed by atoms with van der Waals surface area (Å²) in [6, 6.07) is 8.74. The Morgan fingerprint density at radius 2 is 2.04 bits per heavy atom. The number of phenols is 1. The van der Waals surface area contributed by atoms with E-state index in [1.165, 1.54) is 23.9 Å². The van der Waals surface area contributed by atoms with E-state index in [2.05, 4.69) is 27.7 Å². The minimum absolute atomic E-state index is 0.0659. The summed E-state index contributed by atoms with van der Waals surface area (Å²) >= 11 is 1.75. The molecule has 0 saturated carbocycles. The van der Waals surface area contributed by atoms with Crippen molar-refractivity contribution in [2.24, 2.45) is 0 Å². The van der Waals surface area contributed by atoms with Crippen molar-refractivity contribution in [3.05, 3.63) is 46.2 Å². The lowest BCUT2D eigenvalue weighted by molar-refractivity contribution is -0.114. The molecule has 0 radical (unpaired) electrons. The third-order valence-corrected chi connectivity index (χ3v) is 5.24. The zero-order chi connectivity index (χ0) is 18.5. The number of carbonyl (C=O) groups excluding carboxylic acids is 2. The Hall–Kier alpha value is -2.38. The first-order chi connectivity index (χ1) is 12.5. The maximum Gasteiger partial charge on any atom is 0.257 e. The molecule has 2 amide bonds. The first-order valence-corrected chi connectivity index (χ1v) is 9.55. The second-order valence-electron chi connectivity index (χ2n) is 6.41. The van der Waals surface area contributed by atoms with Gasteiger partial charge in [0.2, 0.25) is 5.91 Å². The molecular formula is C19H23N3O3S. The molecule has 3 rings (SSSR count). The van der Waals surface area contributed by atoms with Crippen LogP contribution < -0.4 is 5.32 Å². The number of benzene rings is 1. The van der Waals surface area contributed by atoms with Gasteiger partial charge in [-0.3, -0.25) is 14.5 Å². The molecule has 1 aromatic carbocycles. The minimum atomic E-state index is -0.215.